The quantitative estimate of drug-likeness (QED) is 0.793. The van der Waals surface area contributed by atoms with Gasteiger partial charge in [0.05, 0.1) is 19.4 Å². The number of rotatable bonds is 3. The predicted molar refractivity (Wildman–Crippen MR) is 95.2 cm³/mol. The summed E-state index contributed by atoms with van der Waals surface area (Å²) >= 11 is 0. The van der Waals surface area contributed by atoms with Crippen molar-refractivity contribution in [2.75, 3.05) is 36.5 Å². The number of benzene rings is 1. The molecule has 0 atom stereocenters. The predicted octanol–water partition coefficient (Wildman–Crippen LogP) is 2.13. The van der Waals surface area contributed by atoms with E-state index in [1.807, 2.05) is 37.3 Å². The zero-order valence-corrected chi connectivity index (χ0v) is 14.0. The molecule has 1 aliphatic heterocycles. The molecule has 4 rings (SSSR count). The molecule has 1 amide bonds. The maximum absolute atomic E-state index is 12.5. The number of amides is 1. The largest absolute Gasteiger partial charge is 0.378 e. The first-order valence-electron chi connectivity index (χ1n) is 8.26. The van der Waals surface area contributed by atoms with Crippen LogP contribution in [0.25, 0.3) is 5.65 Å². The van der Waals surface area contributed by atoms with Crippen LogP contribution in [0, 0.1) is 6.92 Å². The zero-order valence-electron chi connectivity index (χ0n) is 14.0. The second-order valence-corrected chi connectivity index (χ2v) is 6.02. The van der Waals surface area contributed by atoms with E-state index in [1.165, 1.54) is 0 Å². The van der Waals surface area contributed by atoms with Crippen LogP contribution >= 0.6 is 0 Å². The Kier molecular flexibility index (Phi) is 4.07. The van der Waals surface area contributed by atoms with Gasteiger partial charge in [0, 0.05) is 30.8 Å². The number of nitrogens with zero attached hydrogens (tertiary/aromatic N) is 4. The Morgan fingerprint density at radius 3 is 2.84 bits per heavy atom. The molecule has 25 heavy (non-hydrogen) atoms. The van der Waals surface area contributed by atoms with Gasteiger partial charge in [0.15, 0.2) is 5.65 Å². The summed E-state index contributed by atoms with van der Waals surface area (Å²) in [5, 5.41) is 7.24. The van der Waals surface area contributed by atoms with Gasteiger partial charge in [-0.05, 0) is 19.1 Å². The second kappa shape index (κ2) is 6.52. The highest BCUT2D eigenvalue weighted by Crippen LogP contribution is 2.21. The number of anilines is 2. The fourth-order valence-electron chi connectivity index (χ4n) is 2.95. The number of ether oxygens (including phenoxy) is 1. The number of aromatic nitrogens is 3. The first kappa shape index (κ1) is 15.6. The molecule has 128 valence electrons. The molecule has 7 nitrogen and oxygen atoms in total. The monoisotopic (exact) mass is 337 g/mol. The highest BCUT2D eigenvalue weighted by molar-refractivity contribution is 6.04. The minimum absolute atomic E-state index is 0.173. The standard InChI is InChI=1S/C18H19N5O2/c1-13-3-2-4-14(11-13)18(24)21-15-12-17(22-7-9-25-10-8-22)23-16(20-15)5-6-19-23/h2-6,11-12H,7-10H2,1H3,(H,20,21,24). The topological polar surface area (TPSA) is 71.8 Å². The normalized spacial score (nSPS) is 14.7. The molecular weight excluding hydrogens is 318 g/mol. The molecule has 0 bridgehead atoms. The van der Waals surface area contributed by atoms with Gasteiger partial charge in [-0.3, -0.25) is 4.79 Å². The number of aryl methyl sites for hydroxylation is 1. The van der Waals surface area contributed by atoms with E-state index in [4.69, 9.17) is 4.74 Å². The van der Waals surface area contributed by atoms with E-state index in [0.29, 0.717) is 30.2 Å². The molecule has 1 aromatic carbocycles. The molecule has 3 heterocycles. The van der Waals surface area contributed by atoms with E-state index in [9.17, 15) is 4.79 Å². The molecule has 1 N–H and O–H groups in total. The summed E-state index contributed by atoms with van der Waals surface area (Å²) < 4.78 is 7.21. The number of nitrogens with one attached hydrogen (secondary N) is 1. The van der Waals surface area contributed by atoms with Gasteiger partial charge in [0.2, 0.25) is 0 Å². The molecule has 0 saturated carbocycles. The molecule has 1 fully saturated rings. The summed E-state index contributed by atoms with van der Waals surface area (Å²) in [4.78, 5) is 19.2. The molecule has 0 radical (unpaired) electrons. The molecule has 3 aromatic rings. The number of fused-ring (bicyclic) bond motifs is 1. The lowest BCUT2D eigenvalue weighted by Crippen LogP contribution is -2.37. The van der Waals surface area contributed by atoms with Crippen molar-refractivity contribution in [2.24, 2.45) is 0 Å². The van der Waals surface area contributed by atoms with Gasteiger partial charge in [-0.25, -0.2) is 4.98 Å². The Hall–Kier alpha value is -2.93. The van der Waals surface area contributed by atoms with Crippen LogP contribution in [0.5, 0.6) is 0 Å². The lowest BCUT2D eigenvalue weighted by atomic mass is 10.1. The minimum atomic E-state index is -0.173. The first-order valence-corrected chi connectivity index (χ1v) is 8.26. The van der Waals surface area contributed by atoms with Crippen LogP contribution in [0.3, 0.4) is 0 Å². The maximum Gasteiger partial charge on any atom is 0.256 e. The van der Waals surface area contributed by atoms with Crippen LogP contribution in [0.4, 0.5) is 11.6 Å². The van der Waals surface area contributed by atoms with Gasteiger partial charge in [-0.2, -0.15) is 9.61 Å². The lowest BCUT2D eigenvalue weighted by Gasteiger charge is -2.29. The van der Waals surface area contributed by atoms with Crippen molar-refractivity contribution >= 4 is 23.2 Å². The summed E-state index contributed by atoms with van der Waals surface area (Å²) in [6, 6.07) is 11.2. The van der Waals surface area contributed by atoms with Crippen LogP contribution in [-0.2, 0) is 4.74 Å². The minimum Gasteiger partial charge on any atom is -0.378 e. The molecule has 1 aliphatic rings. The summed E-state index contributed by atoms with van der Waals surface area (Å²) in [5.74, 6) is 1.24. The van der Waals surface area contributed by atoms with Gasteiger partial charge < -0.3 is 15.0 Å². The van der Waals surface area contributed by atoms with Crippen LogP contribution in [0.1, 0.15) is 15.9 Å². The highest BCUT2D eigenvalue weighted by Gasteiger charge is 2.17. The summed E-state index contributed by atoms with van der Waals surface area (Å²) in [6.07, 6.45) is 1.71. The molecule has 2 aromatic heterocycles. The first-order chi connectivity index (χ1) is 12.2. The van der Waals surface area contributed by atoms with E-state index in [-0.39, 0.29) is 5.91 Å². The van der Waals surface area contributed by atoms with Gasteiger partial charge in [0.25, 0.3) is 5.91 Å². The molecular formula is C18H19N5O2. The van der Waals surface area contributed by atoms with Crippen molar-refractivity contribution in [3.05, 3.63) is 53.7 Å². The molecule has 1 saturated heterocycles. The third-order valence-electron chi connectivity index (χ3n) is 4.20. The SMILES string of the molecule is Cc1cccc(C(=O)Nc2cc(N3CCOCC3)n3nccc3n2)c1. The van der Waals surface area contributed by atoms with Crippen molar-refractivity contribution in [2.45, 2.75) is 6.92 Å². The van der Waals surface area contributed by atoms with Crippen LogP contribution in [0.2, 0.25) is 0 Å². The lowest BCUT2D eigenvalue weighted by molar-refractivity contribution is 0.102. The van der Waals surface area contributed by atoms with Crippen LogP contribution in [0.15, 0.2) is 42.6 Å². The van der Waals surface area contributed by atoms with Crippen molar-refractivity contribution in [3.8, 4) is 0 Å². The Morgan fingerprint density at radius 1 is 1.20 bits per heavy atom. The number of carbonyl (C=O) groups is 1. The summed E-state index contributed by atoms with van der Waals surface area (Å²) in [7, 11) is 0. The van der Waals surface area contributed by atoms with Gasteiger partial charge in [0.1, 0.15) is 11.6 Å². The Bertz CT molecular complexity index is 915. The van der Waals surface area contributed by atoms with Gasteiger partial charge >= 0.3 is 0 Å². The summed E-state index contributed by atoms with van der Waals surface area (Å²) in [6.45, 7) is 4.88. The fraction of sp³-hybridized carbons (Fsp3) is 0.278. The zero-order chi connectivity index (χ0) is 17.2. The average molecular weight is 337 g/mol. The molecule has 0 unspecified atom stereocenters. The number of hydrogen-bond donors (Lipinski definition) is 1. The maximum atomic E-state index is 12.5. The Balaban J connectivity index is 1.66. The average Bonchev–Trinajstić information content (AvgIpc) is 3.10. The molecule has 0 aliphatic carbocycles. The highest BCUT2D eigenvalue weighted by atomic mass is 16.5. The molecule has 7 heteroatoms. The fourth-order valence-corrected chi connectivity index (χ4v) is 2.95. The second-order valence-electron chi connectivity index (χ2n) is 6.02. The third kappa shape index (κ3) is 3.18. The third-order valence-corrected chi connectivity index (χ3v) is 4.20. The van der Waals surface area contributed by atoms with Crippen molar-refractivity contribution in [1.29, 1.82) is 0 Å². The van der Waals surface area contributed by atoms with E-state index in [2.05, 4.69) is 20.3 Å². The Morgan fingerprint density at radius 2 is 2.04 bits per heavy atom. The smallest absolute Gasteiger partial charge is 0.256 e. The number of carbonyl (C=O) groups excluding carboxylic acids is 1. The summed E-state index contributed by atoms with van der Waals surface area (Å²) in [5.41, 5.74) is 2.35. The van der Waals surface area contributed by atoms with E-state index < -0.39 is 0 Å². The van der Waals surface area contributed by atoms with E-state index >= 15 is 0 Å². The van der Waals surface area contributed by atoms with E-state index in [0.717, 1.165) is 24.5 Å². The van der Waals surface area contributed by atoms with Crippen LogP contribution in [-0.4, -0.2) is 46.8 Å². The molecule has 0 spiro atoms. The van der Waals surface area contributed by atoms with Gasteiger partial charge in [-0.15, -0.1) is 0 Å². The van der Waals surface area contributed by atoms with Gasteiger partial charge in [-0.1, -0.05) is 17.7 Å². The van der Waals surface area contributed by atoms with E-state index in [1.54, 1.807) is 16.8 Å². The van der Waals surface area contributed by atoms with Crippen molar-refractivity contribution in [3.63, 3.8) is 0 Å². The van der Waals surface area contributed by atoms with Crippen molar-refractivity contribution < 1.29 is 9.53 Å². The Labute approximate surface area is 145 Å². The van der Waals surface area contributed by atoms with Crippen LogP contribution < -0.4 is 10.2 Å². The number of hydrogen-bond acceptors (Lipinski definition) is 5. The van der Waals surface area contributed by atoms with Crippen molar-refractivity contribution in [1.82, 2.24) is 14.6 Å². The number of morpholine rings is 1.